The normalized spacial score (nSPS) is 10.1. The van der Waals surface area contributed by atoms with Crippen LogP contribution in [0, 0.1) is 12.3 Å². The highest BCUT2D eigenvalue weighted by Crippen LogP contribution is 2.26. The third-order valence-electron chi connectivity index (χ3n) is 1.88. The quantitative estimate of drug-likeness (QED) is 0.619. The summed E-state index contributed by atoms with van der Waals surface area (Å²) in [6.07, 6.45) is 0. The molecule has 0 aliphatic heterocycles. The molecule has 0 amide bonds. The minimum absolute atomic E-state index is 1.28. The van der Waals surface area contributed by atoms with Crippen molar-refractivity contribution in [2.24, 2.45) is 0 Å². The van der Waals surface area contributed by atoms with Gasteiger partial charge in [-0.05, 0) is 24.1 Å². The Morgan fingerprint density at radius 3 is 2.50 bits per heavy atom. The van der Waals surface area contributed by atoms with Crippen LogP contribution in [-0.2, 0) is 0 Å². The van der Waals surface area contributed by atoms with Gasteiger partial charge in [-0.1, -0.05) is 30.3 Å². The fourth-order valence-corrected chi connectivity index (χ4v) is 1.88. The van der Waals surface area contributed by atoms with Crippen molar-refractivity contribution in [3.05, 3.63) is 46.7 Å². The molecular formula is C11H9S. The van der Waals surface area contributed by atoms with Crippen molar-refractivity contribution in [2.45, 2.75) is 6.92 Å². The molecule has 0 saturated heterocycles. The van der Waals surface area contributed by atoms with Crippen LogP contribution in [0.1, 0.15) is 4.88 Å². The van der Waals surface area contributed by atoms with Gasteiger partial charge in [0, 0.05) is 10.3 Å². The standard InChI is InChI=1S/C11H9S/c1-9-11(7-8-12-9)10-5-3-2-4-6-10/h2-7H,1H3. The van der Waals surface area contributed by atoms with Gasteiger partial charge in [0.15, 0.2) is 0 Å². The number of hydrogen-bond donors (Lipinski definition) is 0. The highest BCUT2D eigenvalue weighted by atomic mass is 32.1. The molecule has 0 spiro atoms. The molecule has 0 fully saturated rings. The molecule has 0 aliphatic rings. The summed E-state index contributed by atoms with van der Waals surface area (Å²) in [5.74, 6) is 0. The van der Waals surface area contributed by atoms with Crippen LogP contribution >= 0.6 is 11.3 Å². The maximum Gasteiger partial charge on any atom is 0.0452 e. The molecule has 12 heavy (non-hydrogen) atoms. The molecule has 0 nitrogen and oxygen atoms in total. The lowest BCUT2D eigenvalue weighted by Crippen LogP contribution is -1.73. The van der Waals surface area contributed by atoms with Crippen LogP contribution in [0.3, 0.4) is 0 Å². The SMILES string of the molecule is Cc1s[c]cc1-c1ccccc1. The monoisotopic (exact) mass is 173 g/mol. The predicted molar refractivity (Wildman–Crippen MR) is 53.3 cm³/mol. The summed E-state index contributed by atoms with van der Waals surface area (Å²) in [4.78, 5) is 1.33. The second-order valence-corrected chi connectivity index (χ2v) is 3.75. The van der Waals surface area contributed by atoms with Crippen molar-refractivity contribution >= 4 is 11.3 Å². The van der Waals surface area contributed by atoms with Crippen LogP contribution in [0.25, 0.3) is 11.1 Å². The van der Waals surface area contributed by atoms with E-state index in [9.17, 15) is 0 Å². The first-order valence-corrected chi connectivity index (χ1v) is 4.71. The van der Waals surface area contributed by atoms with Gasteiger partial charge in [-0.2, -0.15) is 0 Å². The van der Waals surface area contributed by atoms with Crippen molar-refractivity contribution in [1.82, 2.24) is 0 Å². The highest BCUT2D eigenvalue weighted by molar-refractivity contribution is 7.09. The van der Waals surface area contributed by atoms with Crippen LogP contribution in [0.15, 0.2) is 36.4 Å². The third kappa shape index (κ3) is 1.28. The van der Waals surface area contributed by atoms with E-state index in [1.807, 2.05) is 6.07 Å². The number of hydrogen-bond acceptors (Lipinski definition) is 1. The first-order valence-electron chi connectivity index (χ1n) is 3.90. The lowest BCUT2D eigenvalue weighted by atomic mass is 10.1. The summed E-state index contributed by atoms with van der Waals surface area (Å²) in [6.45, 7) is 2.13. The molecule has 0 aliphatic carbocycles. The van der Waals surface area contributed by atoms with Gasteiger partial charge in [0.05, 0.1) is 0 Å². The average Bonchev–Trinajstić information content (AvgIpc) is 2.53. The van der Waals surface area contributed by atoms with E-state index >= 15 is 0 Å². The smallest absolute Gasteiger partial charge is 0.0452 e. The van der Waals surface area contributed by atoms with Crippen molar-refractivity contribution in [1.29, 1.82) is 0 Å². The Kier molecular flexibility index (Phi) is 1.96. The average molecular weight is 173 g/mol. The summed E-state index contributed by atoms with van der Waals surface area (Å²) in [6, 6.07) is 12.5. The summed E-state index contributed by atoms with van der Waals surface area (Å²) < 4.78 is 0. The molecule has 0 atom stereocenters. The minimum atomic E-state index is 1.28. The molecule has 1 heterocycles. The van der Waals surface area contributed by atoms with E-state index in [4.69, 9.17) is 0 Å². The maximum absolute atomic E-state index is 3.14. The van der Waals surface area contributed by atoms with Gasteiger partial charge >= 0.3 is 0 Å². The first kappa shape index (κ1) is 7.56. The fraction of sp³-hybridized carbons (Fsp3) is 0.0909. The molecule has 0 bridgehead atoms. The molecule has 0 saturated carbocycles. The number of thiophene rings is 1. The Hall–Kier alpha value is -1.08. The van der Waals surface area contributed by atoms with Gasteiger partial charge < -0.3 is 0 Å². The van der Waals surface area contributed by atoms with E-state index in [2.05, 4.69) is 42.6 Å². The largest absolute Gasteiger partial charge is 0.139 e. The van der Waals surface area contributed by atoms with Crippen molar-refractivity contribution in [2.75, 3.05) is 0 Å². The zero-order chi connectivity index (χ0) is 8.39. The zero-order valence-electron chi connectivity index (χ0n) is 6.87. The van der Waals surface area contributed by atoms with Gasteiger partial charge in [0.2, 0.25) is 0 Å². The molecule has 2 aromatic rings. The van der Waals surface area contributed by atoms with Gasteiger partial charge in [-0.15, -0.1) is 11.3 Å². The van der Waals surface area contributed by atoms with Gasteiger partial charge in [0.1, 0.15) is 0 Å². The van der Waals surface area contributed by atoms with E-state index in [1.54, 1.807) is 11.3 Å². The molecule has 0 unspecified atom stereocenters. The second-order valence-electron chi connectivity index (χ2n) is 2.70. The third-order valence-corrected chi connectivity index (χ3v) is 2.64. The molecule has 0 N–H and O–H groups in total. The number of rotatable bonds is 1. The summed E-state index contributed by atoms with van der Waals surface area (Å²) in [7, 11) is 0. The first-order chi connectivity index (χ1) is 5.88. The Morgan fingerprint density at radius 2 is 1.92 bits per heavy atom. The molecule has 1 aromatic carbocycles. The van der Waals surface area contributed by atoms with E-state index in [0.717, 1.165) is 0 Å². The predicted octanol–water partition coefficient (Wildman–Crippen LogP) is 3.52. The Labute approximate surface area is 76.5 Å². The summed E-state index contributed by atoms with van der Waals surface area (Å²) in [5.41, 5.74) is 2.59. The Morgan fingerprint density at radius 1 is 1.17 bits per heavy atom. The van der Waals surface area contributed by atoms with Crippen LogP contribution in [0.2, 0.25) is 0 Å². The molecule has 1 aromatic heterocycles. The van der Waals surface area contributed by atoms with E-state index < -0.39 is 0 Å². The summed E-state index contributed by atoms with van der Waals surface area (Å²) >= 11 is 1.67. The maximum atomic E-state index is 3.14. The van der Waals surface area contributed by atoms with Crippen LogP contribution in [-0.4, -0.2) is 0 Å². The lowest BCUT2D eigenvalue weighted by Gasteiger charge is -1.97. The topological polar surface area (TPSA) is 0 Å². The number of aryl methyl sites for hydroxylation is 1. The zero-order valence-corrected chi connectivity index (χ0v) is 7.69. The van der Waals surface area contributed by atoms with Crippen LogP contribution < -0.4 is 0 Å². The molecule has 2 rings (SSSR count). The fourth-order valence-electron chi connectivity index (χ4n) is 1.24. The van der Waals surface area contributed by atoms with Gasteiger partial charge in [0.25, 0.3) is 0 Å². The van der Waals surface area contributed by atoms with Crippen LogP contribution in [0.5, 0.6) is 0 Å². The minimum Gasteiger partial charge on any atom is -0.139 e. The van der Waals surface area contributed by atoms with E-state index in [0.29, 0.717) is 0 Å². The molecule has 1 heteroatoms. The van der Waals surface area contributed by atoms with E-state index in [-0.39, 0.29) is 0 Å². The highest BCUT2D eigenvalue weighted by Gasteiger charge is 2.00. The Bertz CT molecular complexity index is 360. The van der Waals surface area contributed by atoms with Gasteiger partial charge in [-0.3, -0.25) is 0 Å². The summed E-state index contributed by atoms with van der Waals surface area (Å²) in [5, 5.41) is 3.14. The molecule has 59 valence electrons. The van der Waals surface area contributed by atoms with Crippen molar-refractivity contribution in [3.8, 4) is 11.1 Å². The lowest BCUT2D eigenvalue weighted by molar-refractivity contribution is 1.58. The van der Waals surface area contributed by atoms with Crippen LogP contribution in [0.4, 0.5) is 0 Å². The molecule has 1 radical (unpaired) electrons. The van der Waals surface area contributed by atoms with E-state index in [1.165, 1.54) is 16.0 Å². The van der Waals surface area contributed by atoms with Crippen molar-refractivity contribution in [3.63, 3.8) is 0 Å². The van der Waals surface area contributed by atoms with Gasteiger partial charge in [-0.25, -0.2) is 0 Å². The second kappa shape index (κ2) is 3.11. The number of benzene rings is 1. The Balaban J connectivity index is 2.51. The molecular weight excluding hydrogens is 164 g/mol. The van der Waals surface area contributed by atoms with Crippen molar-refractivity contribution < 1.29 is 0 Å².